The van der Waals surface area contributed by atoms with Gasteiger partial charge in [0.1, 0.15) is 0 Å². The number of nitro groups is 1. The lowest BCUT2D eigenvalue weighted by Gasteiger charge is -1.98. The van der Waals surface area contributed by atoms with Gasteiger partial charge in [0.25, 0.3) is 10.9 Å². The smallest absolute Gasteiger partial charge is 0.277 e. The fraction of sp³-hybridized carbons (Fsp3) is 0.0667. The molecule has 0 radical (unpaired) electrons. The molecule has 3 rings (SSSR count). The zero-order valence-electron chi connectivity index (χ0n) is 11.7. The van der Waals surface area contributed by atoms with Gasteiger partial charge in [0, 0.05) is 22.4 Å². The molecular weight excluding hydrogens is 382 g/mol. The van der Waals surface area contributed by atoms with Gasteiger partial charge in [-0.25, -0.2) is 0 Å². The number of aromatic nitrogens is 2. The number of nitro benzene ring substituents is 1. The van der Waals surface area contributed by atoms with E-state index in [0.717, 1.165) is 15.6 Å². The monoisotopic (exact) mass is 391 g/mol. The average molecular weight is 392 g/mol. The second-order valence-electron chi connectivity index (χ2n) is 4.57. The van der Waals surface area contributed by atoms with Crippen molar-refractivity contribution in [1.82, 2.24) is 10.2 Å². The summed E-state index contributed by atoms with van der Waals surface area (Å²) in [5, 5.41) is 19.1. The number of thioether (sulfide) groups is 1. The summed E-state index contributed by atoms with van der Waals surface area (Å²) < 4.78 is 6.52. The molecule has 0 unspecified atom stereocenters. The van der Waals surface area contributed by atoms with Crippen molar-refractivity contribution in [2.24, 2.45) is 0 Å². The Morgan fingerprint density at radius 1 is 1.13 bits per heavy atom. The van der Waals surface area contributed by atoms with Crippen LogP contribution in [0.5, 0.6) is 0 Å². The zero-order valence-corrected chi connectivity index (χ0v) is 14.1. The van der Waals surface area contributed by atoms with E-state index in [9.17, 15) is 10.1 Å². The maximum absolute atomic E-state index is 10.6. The maximum Gasteiger partial charge on any atom is 0.277 e. The fourth-order valence-corrected chi connectivity index (χ4v) is 3.04. The number of hydrogen-bond donors (Lipinski definition) is 0. The third-order valence-corrected chi connectivity index (χ3v) is 4.60. The lowest BCUT2D eigenvalue weighted by atomic mass is 10.2. The summed E-state index contributed by atoms with van der Waals surface area (Å²) in [5.74, 6) is 1.04. The number of nitrogens with zero attached hydrogens (tertiary/aromatic N) is 3. The van der Waals surface area contributed by atoms with Crippen LogP contribution in [0.1, 0.15) is 5.56 Å². The van der Waals surface area contributed by atoms with E-state index in [2.05, 4.69) is 26.1 Å². The van der Waals surface area contributed by atoms with Crippen LogP contribution in [0.2, 0.25) is 0 Å². The van der Waals surface area contributed by atoms with Gasteiger partial charge < -0.3 is 4.42 Å². The molecule has 0 atom stereocenters. The first-order valence-electron chi connectivity index (χ1n) is 6.58. The van der Waals surface area contributed by atoms with Crippen molar-refractivity contribution in [1.29, 1.82) is 0 Å². The molecule has 2 aromatic carbocycles. The van der Waals surface area contributed by atoms with Gasteiger partial charge in [0.05, 0.1) is 10.5 Å². The topological polar surface area (TPSA) is 82.1 Å². The van der Waals surface area contributed by atoms with Gasteiger partial charge in [-0.3, -0.25) is 10.1 Å². The summed E-state index contributed by atoms with van der Waals surface area (Å²) in [7, 11) is 0. The van der Waals surface area contributed by atoms with Crippen LogP contribution in [0.4, 0.5) is 5.69 Å². The number of benzene rings is 2. The molecule has 0 fully saturated rings. The molecule has 6 nitrogen and oxygen atoms in total. The third kappa shape index (κ3) is 3.77. The Balaban J connectivity index is 1.68. The molecule has 0 bridgehead atoms. The largest absolute Gasteiger partial charge is 0.411 e. The molecule has 3 aromatic rings. The first-order valence-corrected chi connectivity index (χ1v) is 8.36. The number of hydrogen-bond acceptors (Lipinski definition) is 6. The van der Waals surface area contributed by atoms with Crippen molar-refractivity contribution >= 4 is 33.4 Å². The molecule has 0 aliphatic rings. The van der Waals surface area contributed by atoms with Crippen molar-refractivity contribution < 1.29 is 9.34 Å². The highest BCUT2D eigenvalue weighted by Gasteiger charge is 2.12. The highest BCUT2D eigenvalue weighted by molar-refractivity contribution is 9.10. The van der Waals surface area contributed by atoms with Crippen LogP contribution >= 0.6 is 27.7 Å². The normalized spacial score (nSPS) is 10.7. The summed E-state index contributed by atoms with van der Waals surface area (Å²) >= 11 is 4.83. The van der Waals surface area contributed by atoms with Crippen LogP contribution in [0, 0.1) is 10.1 Å². The van der Waals surface area contributed by atoms with E-state index in [0.29, 0.717) is 16.9 Å². The molecule has 0 spiro atoms. The Labute approximate surface area is 144 Å². The quantitative estimate of drug-likeness (QED) is 0.356. The zero-order chi connectivity index (χ0) is 16.2. The van der Waals surface area contributed by atoms with Gasteiger partial charge in [-0.05, 0) is 33.6 Å². The molecule has 116 valence electrons. The predicted molar refractivity (Wildman–Crippen MR) is 90.1 cm³/mol. The summed E-state index contributed by atoms with van der Waals surface area (Å²) in [4.78, 5) is 10.2. The predicted octanol–water partition coefficient (Wildman–Crippen LogP) is 4.70. The lowest BCUT2D eigenvalue weighted by molar-refractivity contribution is -0.384. The minimum atomic E-state index is -0.418. The molecule has 0 aliphatic carbocycles. The SMILES string of the molecule is O=[N+]([O-])c1ccc(CSc2nnc(-c3ccccc3Br)o2)cc1. The van der Waals surface area contributed by atoms with Crippen LogP contribution in [0.25, 0.3) is 11.5 Å². The molecule has 8 heteroatoms. The van der Waals surface area contributed by atoms with E-state index >= 15 is 0 Å². The summed E-state index contributed by atoms with van der Waals surface area (Å²) in [5.41, 5.74) is 1.86. The second-order valence-corrected chi connectivity index (χ2v) is 6.35. The van der Waals surface area contributed by atoms with Gasteiger partial charge >= 0.3 is 0 Å². The van der Waals surface area contributed by atoms with Crippen molar-refractivity contribution in [2.45, 2.75) is 11.0 Å². The van der Waals surface area contributed by atoms with Crippen molar-refractivity contribution in [3.8, 4) is 11.5 Å². The summed E-state index contributed by atoms with van der Waals surface area (Å²) in [6.45, 7) is 0. The third-order valence-electron chi connectivity index (χ3n) is 3.02. The Bertz CT molecular complexity index is 836. The van der Waals surface area contributed by atoms with E-state index < -0.39 is 4.92 Å². The summed E-state index contributed by atoms with van der Waals surface area (Å²) in [6.07, 6.45) is 0. The molecule has 23 heavy (non-hydrogen) atoms. The minimum absolute atomic E-state index is 0.0766. The van der Waals surface area contributed by atoms with Gasteiger partial charge in [-0.15, -0.1) is 10.2 Å². The molecule has 0 aliphatic heterocycles. The fourth-order valence-electron chi connectivity index (χ4n) is 1.87. The lowest BCUT2D eigenvalue weighted by Crippen LogP contribution is -1.88. The van der Waals surface area contributed by atoms with E-state index in [1.165, 1.54) is 23.9 Å². The summed E-state index contributed by atoms with van der Waals surface area (Å²) in [6, 6.07) is 14.0. The molecule has 1 aromatic heterocycles. The van der Waals surface area contributed by atoms with Crippen LogP contribution < -0.4 is 0 Å². The van der Waals surface area contributed by atoms with E-state index in [4.69, 9.17) is 4.42 Å². The van der Waals surface area contributed by atoms with Crippen LogP contribution in [-0.4, -0.2) is 15.1 Å². The molecule has 0 saturated carbocycles. The van der Waals surface area contributed by atoms with Gasteiger partial charge in [-0.1, -0.05) is 36.0 Å². The molecule has 0 amide bonds. The molecule has 0 N–H and O–H groups in total. The van der Waals surface area contributed by atoms with Gasteiger partial charge in [0.15, 0.2) is 0 Å². The number of rotatable bonds is 5. The first kappa shape index (κ1) is 15.7. The number of halogens is 1. The maximum atomic E-state index is 10.6. The Morgan fingerprint density at radius 2 is 1.87 bits per heavy atom. The van der Waals surface area contributed by atoms with Crippen molar-refractivity contribution in [3.05, 3.63) is 68.7 Å². The van der Waals surface area contributed by atoms with E-state index in [-0.39, 0.29) is 5.69 Å². The average Bonchev–Trinajstić information content (AvgIpc) is 3.02. The van der Waals surface area contributed by atoms with Crippen molar-refractivity contribution in [3.63, 3.8) is 0 Å². The Morgan fingerprint density at radius 3 is 2.57 bits per heavy atom. The van der Waals surface area contributed by atoms with Crippen LogP contribution in [0.3, 0.4) is 0 Å². The highest BCUT2D eigenvalue weighted by Crippen LogP contribution is 2.30. The number of non-ortho nitro benzene ring substituents is 1. The minimum Gasteiger partial charge on any atom is -0.411 e. The molecular formula is C15H10BrN3O3S. The Hall–Kier alpha value is -2.19. The second kappa shape index (κ2) is 6.93. The van der Waals surface area contributed by atoms with E-state index in [1.807, 2.05) is 24.3 Å². The van der Waals surface area contributed by atoms with E-state index in [1.54, 1.807) is 12.1 Å². The molecule has 0 saturated heterocycles. The van der Waals surface area contributed by atoms with Crippen molar-refractivity contribution in [2.75, 3.05) is 0 Å². The van der Waals surface area contributed by atoms with Gasteiger partial charge in [-0.2, -0.15) is 0 Å². The molecule has 1 heterocycles. The Kier molecular flexibility index (Phi) is 4.73. The standard InChI is InChI=1S/C15H10BrN3O3S/c16-13-4-2-1-3-12(13)14-17-18-15(22-14)23-9-10-5-7-11(8-6-10)19(20)21/h1-8H,9H2. The van der Waals surface area contributed by atoms with Crippen LogP contribution in [-0.2, 0) is 5.75 Å². The first-order chi connectivity index (χ1) is 11.1. The van der Waals surface area contributed by atoms with Crippen LogP contribution in [0.15, 0.2) is 62.6 Å². The highest BCUT2D eigenvalue weighted by atomic mass is 79.9. The van der Waals surface area contributed by atoms with Gasteiger partial charge in [0.2, 0.25) is 5.89 Å².